The number of nitrogens with one attached hydrogen (secondary N) is 2. The van der Waals surface area contributed by atoms with Gasteiger partial charge in [0.05, 0.1) is 0 Å². The Kier molecular flexibility index (Phi) is 7.71. The van der Waals surface area contributed by atoms with Crippen molar-refractivity contribution in [2.75, 3.05) is 18.5 Å². The molecule has 2 rings (SSSR count). The molecule has 0 atom stereocenters. The van der Waals surface area contributed by atoms with Gasteiger partial charge >= 0.3 is 6.09 Å². The number of anilines is 1. The molecule has 1 aromatic rings. The summed E-state index contributed by atoms with van der Waals surface area (Å²) < 4.78 is 10.6. The zero-order valence-corrected chi connectivity index (χ0v) is 17.3. The highest BCUT2D eigenvalue weighted by atomic mass is 32.1. The zero-order valence-electron chi connectivity index (χ0n) is 16.5. The van der Waals surface area contributed by atoms with E-state index >= 15 is 0 Å². The Morgan fingerprint density at radius 3 is 2.56 bits per heavy atom. The predicted molar refractivity (Wildman–Crippen MR) is 112 cm³/mol. The molecule has 0 heterocycles. The van der Waals surface area contributed by atoms with Crippen molar-refractivity contribution in [3.05, 3.63) is 23.8 Å². The van der Waals surface area contributed by atoms with E-state index in [2.05, 4.69) is 31.4 Å². The third-order valence-electron chi connectivity index (χ3n) is 4.55. The van der Waals surface area contributed by atoms with Crippen molar-refractivity contribution in [3.63, 3.8) is 0 Å². The summed E-state index contributed by atoms with van der Waals surface area (Å²) in [5.74, 6) is 0.737. The predicted octanol–water partition coefficient (Wildman–Crippen LogP) is 4.08. The second-order valence-electron chi connectivity index (χ2n) is 7.88. The minimum absolute atomic E-state index is 0.109. The Bertz CT molecular complexity index is 652. The highest BCUT2D eigenvalue weighted by Crippen LogP contribution is 2.37. The molecule has 27 heavy (non-hydrogen) atoms. The number of primary amides is 1. The van der Waals surface area contributed by atoms with Gasteiger partial charge in [-0.25, -0.2) is 4.79 Å². The van der Waals surface area contributed by atoms with Crippen LogP contribution >= 0.6 is 12.2 Å². The Morgan fingerprint density at radius 1 is 1.22 bits per heavy atom. The number of carbonyl (C=O) groups is 1. The Hall–Kier alpha value is -2.02. The molecule has 1 aromatic carbocycles. The Morgan fingerprint density at radius 2 is 1.93 bits per heavy atom. The minimum atomic E-state index is -0.802. The van der Waals surface area contributed by atoms with Gasteiger partial charge in [0.1, 0.15) is 19.0 Å². The average molecular weight is 394 g/mol. The monoisotopic (exact) mass is 393 g/mol. The van der Waals surface area contributed by atoms with Crippen LogP contribution in [0.1, 0.15) is 58.4 Å². The van der Waals surface area contributed by atoms with Crippen LogP contribution in [0, 0.1) is 0 Å². The van der Waals surface area contributed by atoms with E-state index in [-0.39, 0.29) is 18.6 Å². The van der Waals surface area contributed by atoms with Crippen LogP contribution in [0.15, 0.2) is 18.2 Å². The Labute approximate surface area is 167 Å². The molecular formula is C20H31N3O3S. The number of carbonyl (C=O) groups excluding carboxylic acids is 1. The van der Waals surface area contributed by atoms with E-state index in [1.807, 2.05) is 18.2 Å². The minimum Gasteiger partial charge on any atom is -0.490 e. The number of amides is 1. The van der Waals surface area contributed by atoms with Gasteiger partial charge in [-0.1, -0.05) is 46.1 Å². The van der Waals surface area contributed by atoms with Crippen molar-refractivity contribution in [3.8, 4) is 5.75 Å². The first-order valence-corrected chi connectivity index (χ1v) is 9.94. The summed E-state index contributed by atoms with van der Waals surface area (Å²) in [6.45, 7) is 6.71. The molecule has 6 nitrogen and oxygen atoms in total. The van der Waals surface area contributed by atoms with E-state index in [4.69, 9.17) is 27.4 Å². The lowest BCUT2D eigenvalue weighted by Crippen LogP contribution is -2.39. The van der Waals surface area contributed by atoms with E-state index in [1.165, 1.54) is 19.3 Å². The van der Waals surface area contributed by atoms with Crippen LogP contribution in [0.5, 0.6) is 5.75 Å². The van der Waals surface area contributed by atoms with Crippen molar-refractivity contribution in [1.29, 1.82) is 0 Å². The first kappa shape index (κ1) is 21.3. The second kappa shape index (κ2) is 9.78. The molecule has 0 radical (unpaired) electrons. The zero-order chi connectivity index (χ0) is 19.9. The summed E-state index contributed by atoms with van der Waals surface area (Å²) in [5, 5.41) is 7.43. The van der Waals surface area contributed by atoms with Crippen molar-refractivity contribution < 1.29 is 14.3 Å². The van der Waals surface area contributed by atoms with Gasteiger partial charge in [-0.2, -0.15) is 0 Å². The smallest absolute Gasteiger partial charge is 0.404 e. The summed E-state index contributed by atoms with van der Waals surface area (Å²) >= 11 is 5.54. The molecule has 0 bridgehead atoms. The van der Waals surface area contributed by atoms with Gasteiger partial charge in [-0.05, 0) is 42.6 Å². The number of hydrogen-bond donors (Lipinski definition) is 3. The number of hydrogen-bond acceptors (Lipinski definition) is 4. The lowest BCUT2D eigenvalue weighted by molar-refractivity contribution is 0.133. The fraction of sp³-hybridized carbons (Fsp3) is 0.600. The first-order chi connectivity index (χ1) is 12.8. The highest BCUT2D eigenvalue weighted by Gasteiger charge is 2.24. The Balaban J connectivity index is 2.08. The van der Waals surface area contributed by atoms with Crippen molar-refractivity contribution in [2.24, 2.45) is 5.73 Å². The molecule has 0 spiro atoms. The highest BCUT2D eigenvalue weighted by molar-refractivity contribution is 7.80. The third kappa shape index (κ3) is 6.90. The van der Waals surface area contributed by atoms with Gasteiger partial charge in [0.2, 0.25) is 0 Å². The van der Waals surface area contributed by atoms with Crippen LogP contribution < -0.4 is 21.1 Å². The molecule has 1 amide bonds. The summed E-state index contributed by atoms with van der Waals surface area (Å²) in [6, 6.07) is 6.28. The summed E-state index contributed by atoms with van der Waals surface area (Å²) in [4.78, 5) is 10.7. The topological polar surface area (TPSA) is 85.6 Å². The molecule has 0 aliphatic heterocycles. The molecule has 1 fully saturated rings. The maximum atomic E-state index is 10.7. The molecule has 0 unspecified atom stereocenters. The van der Waals surface area contributed by atoms with Crippen LogP contribution in [0.3, 0.4) is 0 Å². The molecular weight excluding hydrogens is 362 g/mol. The van der Waals surface area contributed by atoms with E-state index in [0.29, 0.717) is 11.2 Å². The van der Waals surface area contributed by atoms with Crippen LogP contribution in [0.4, 0.5) is 10.5 Å². The summed E-state index contributed by atoms with van der Waals surface area (Å²) in [7, 11) is 0. The number of rotatable bonds is 6. The van der Waals surface area contributed by atoms with Gasteiger partial charge < -0.3 is 25.8 Å². The van der Waals surface area contributed by atoms with Crippen molar-refractivity contribution in [2.45, 2.75) is 64.3 Å². The fourth-order valence-corrected chi connectivity index (χ4v) is 3.69. The first-order valence-electron chi connectivity index (χ1n) is 9.53. The van der Waals surface area contributed by atoms with E-state index in [9.17, 15) is 4.79 Å². The van der Waals surface area contributed by atoms with E-state index in [0.717, 1.165) is 29.8 Å². The summed E-state index contributed by atoms with van der Waals surface area (Å²) in [5.41, 5.74) is 6.76. The maximum Gasteiger partial charge on any atom is 0.404 e. The van der Waals surface area contributed by atoms with Gasteiger partial charge in [0, 0.05) is 17.3 Å². The van der Waals surface area contributed by atoms with Crippen molar-refractivity contribution >= 4 is 29.1 Å². The van der Waals surface area contributed by atoms with Crippen molar-refractivity contribution in [1.82, 2.24) is 5.32 Å². The SMILES string of the molecule is CC(C)(C)c1c(NC(=S)NC2CCCCC2)cccc1OCCOC(N)=O. The largest absolute Gasteiger partial charge is 0.490 e. The van der Waals surface area contributed by atoms with E-state index in [1.54, 1.807) is 0 Å². The molecule has 0 saturated heterocycles. The van der Waals surface area contributed by atoms with Gasteiger partial charge in [0.15, 0.2) is 5.11 Å². The van der Waals surface area contributed by atoms with Crippen LogP contribution in [-0.4, -0.2) is 30.5 Å². The second-order valence-corrected chi connectivity index (χ2v) is 8.29. The number of ether oxygens (including phenoxy) is 2. The normalized spacial score (nSPS) is 15.1. The van der Waals surface area contributed by atoms with E-state index < -0.39 is 6.09 Å². The number of benzene rings is 1. The maximum absolute atomic E-state index is 10.7. The quantitative estimate of drug-likeness (QED) is 0.499. The van der Waals surface area contributed by atoms with Crippen LogP contribution in [-0.2, 0) is 10.2 Å². The number of thiocarbonyl (C=S) groups is 1. The summed E-state index contributed by atoms with van der Waals surface area (Å²) in [6.07, 6.45) is 5.34. The molecule has 7 heteroatoms. The third-order valence-corrected chi connectivity index (χ3v) is 4.77. The van der Waals surface area contributed by atoms with Gasteiger partial charge in [-0.3, -0.25) is 0 Å². The molecule has 4 N–H and O–H groups in total. The molecule has 1 aliphatic rings. The lowest BCUT2D eigenvalue weighted by atomic mass is 9.85. The molecule has 1 aliphatic carbocycles. The lowest BCUT2D eigenvalue weighted by Gasteiger charge is -2.28. The van der Waals surface area contributed by atoms with Gasteiger partial charge in [0.25, 0.3) is 0 Å². The fourth-order valence-electron chi connectivity index (χ4n) is 3.41. The molecule has 0 aromatic heterocycles. The number of nitrogens with two attached hydrogens (primary N) is 1. The van der Waals surface area contributed by atoms with Crippen LogP contribution in [0.25, 0.3) is 0 Å². The van der Waals surface area contributed by atoms with Gasteiger partial charge in [-0.15, -0.1) is 0 Å². The standard InChI is InChI=1S/C20H31N3O3S/c1-20(2,3)17-15(23-19(27)22-14-8-5-4-6-9-14)10-7-11-16(17)25-12-13-26-18(21)24/h7,10-11,14H,4-6,8-9,12-13H2,1-3H3,(H2,21,24)(H2,22,23,27). The average Bonchev–Trinajstić information content (AvgIpc) is 2.58. The van der Waals surface area contributed by atoms with Crippen LogP contribution in [0.2, 0.25) is 0 Å². The molecule has 1 saturated carbocycles. The molecule has 150 valence electrons.